The number of benzene rings is 1. The molecule has 136 valence electrons. The Balaban J connectivity index is 2.15. The number of hydrogen-bond acceptors (Lipinski definition) is 5. The lowest BCUT2D eigenvalue weighted by Gasteiger charge is -2.34. The fraction of sp³-hybridized carbons (Fsp3) is 0.250. The topological polar surface area (TPSA) is 76.7 Å². The van der Waals surface area contributed by atoms with Crippen molar-refractivity contribution in [2.24, 2.45) is 0 Å². The van der Waals surface area contributed by atoms with Gasteiger partial charge >= 0.3 is 0 Å². The van der Waals surface area contributed by atoms with Gasteiger partial charge in [0.05, 0.1) is 12.2 Å². The third kappa shape index (κ3) is 3.27. The highest BCUT2D eigenvalue weighted by atomic mass is 35.5. The van der Waals surface area contributed by atoms with Crippen LogP contribution in [0.15, 0.2) is 37.2 Å². The highest BCUT2D eigenvalue weighted by Gasteiger charge is 2.42. The van der Waals surface area contributed by atoms with Crippen LogP contribution >= 0.6 is 11.6 Å². The first-order chi connectivity index (χ1) is 12.3. The van der Waals surface area contributed by atoms with E-state index in [1.54, 1.807) is 0 Å². The summed E-state index contributed by atoms with van der Waals surface area (Å²) in [6, 6.07) is 2.73. The fourth-order valence-electron chi connectivity index (χ4n) is 2.75. The van der Waals surface area contributed by atoms with E-state index in [0.29, 0.717) is 6.07 Å². The standard InChI is InChI=1S/C16H13ClF3N5O/c1-9(14-13(20)15(17)23-7-22-14)16(26,5-25-8-21-6-24-25)11-3-2-10(18)4-12(11)19/h2-4,6-9,26H,5H2,1H3/t9-,16+/m0/s1. The summed E-state index contributed by atoms with van der Waals surface area (Å²) in [5.74, 6) is -3.80. The number of halogens is 4. The second kappa shape index (κ2) is 7.00. The average molecular weight is 384 g/mol. The Bertz CT molecular complexity index is 924. The van der Waals surface area contributed by atoms with Crippen molar-refractivity contribution in [3.05, 3.63) is 71.0 Å². The van der Waals surface area contributed by atoms with Crippen molar-refractivity contribution in [2.75, 3.05) is 0 Å². The summed E-state index contributed by atoms with van der Waals surface area (Å²) < 4.78 is 43.4. The van der Waals surface area contributed by atoms with Gasteiger partial charge in [-0.05, 0) is 6.07 Å². The molecule has 3 rings (SSSR count). The predicted octanol–water partition coefficient (Wildman–Crippen LogP) is 2.83. The van der Waals surface area contributed by atoms with Crippen LogP contribution in [0.5, 0.6) is 0 Å². The molecule has 2 aromatic heterocycles. The third-order valence-corrected chi connectivity index (χ3v) is 4.43. The third-order valence-electron chi connectivity index (χ3n) is 4.17. The summed E-state index contributed by atoms with van der Waals surface area (Å²) in [7, 11) is 0. The van der Waals surface area contributed by atoms with Crippen LogP contribution in [0.1, 0.15) is 24.1 Å². The van der Waals surface area contributed by atoms with E-state index in [1.807, 2.05) is 0 Å². The van der Waals surface area contributed by atoms with Gasteiger partial charge in [-0.25, -0.2) is 32.8 Å². The lowest BCUT2D eigenvalue weighted by Crippen LogP contribution is -2.39. The molecule has 1 N–H and O–H groups in total. The van der Waals surface area contributed by atoms with Gasteiger partial charge in [0.1, 0.15) is 36.2 Å². The molecule has 0 fully saturated rings. The van der Waals surface area contributed by atoms with E-state index in [1.165, 1.54) is 24.3 Å². The van der Waals surface area contributed by atoms with Gasteiger partial charge in [-0.15, -0.1) is 0 Å². The number of nitrogens with zero attached hydrogens (tertiary/aromatic N) is 5. The zero-order chi connectivity index (χ0) is 18.9. The van der Waals surface area contributed by atoms with Crippen molar-refractivity contribution < 1.29 is 18.3 Å². The summed E-state index contributed by atoms with van der Waals surface area (Å²) in [5.41, 5.74) is -2.48. The maximum Gasteiger partial charge on any atom is 0.182 e. The second-order valence-electron chi connectivity index (χ2n) is 5.73. The Morgan fingerprint density at radius 2 is 2.00 bits per heavy atom. The van der Waals surface area contributed by atoms with Crippen LogP contribution in [0.25, 0.3) is 0 Å². The first-order valence-corrected chi connectivity index (χ1v) is 7.87. The Morgan fingerprint density at radius 1 is 1.23 bits per heavy atom. The van der Waals surface area contributed by atoms with Crippen molar-refractivity contribution in [1.82, 2.24) is 24.7 Å². The van der Waals surface area contributed by atoms with Crippen molar-refractivity contribution in [1.29, 1.82) is 0 Å². The minimum atomic E-state index is -2.02. The van der Waals surface area contributed by atoms with Crippen molar-refractivity contribution in [2.45, 2.75) is 25.0 Å². The van der Waals surface area contributed by atoms with Gasteiger partial charge in [-0.3, -0.25) is 0 Å². The highest BCUT2D eigenvalue weighted by Crippen LogP contribution is 2.40. The molecule has 0 radical (unpaired) electrons. The maximum absolute atomic E-state index is 14.4. The van der Waals surface area contributed by atoms with E-state index < -0.39 is 34.1 Å². The Labute approximate surface area is 151 Å². The molecule has 0 amide bonds. The van der Waals surface area contributed by atoms with Crippen LogP contribution in [-0.2, 0) is 12.1 Å². The van der Waals surface area contributed by atoms with Crippen LogP contribution in [0.3, 0.4) is 0 Å². The molecule has 0 aliphatic carbocycles. The molecule has 6 nitrogen and oxygen atoms in total. The minimum Gasteiger partial charge on any atom is -0.382 e. The molecule has 0 unspecified atom stereocenters. The largest absolute Gasteiger partial charge is 0.382 e. The molecule has 2 atom stereocenters. The SMILES string of the molecule is C[C@@H](c1ncnc(Cl)c1F)[C@](O)(Cn1cncn1)c1ccc(F)cc1F. The van der Waals surface area contributed by atoms with Gasteiger partial charge in [0, 0.05) is 17.5 Å². The van der Waals surface area contributed by atoms with E-state index in [2.05, 4.69) is 20.1 Å². The number of aromatic nitrogens is 5. The summed E-state index contributed by atoms with van der Waals surface area (Å²) >= 11 is 5.69. The molecular formula is C16H13ClF3N5O. The zero-order valence-corrected chi connectivity index (χ0v) is 14.2. The summed E-state index contributed by atoms with van der Waals surface area (Å²) in [4.78, 5) is 11.1. The second-order valence-corrected chi connectivity index (χ2v) is 6.08. The van der Waals surface area contributed by atoms with Crippen molar-refractivity contribution in [3.63, 3.8) is 0 Å². The molecule has 0 saturated heterocycles. The lowest BCUT2D eigenvalue weighted by atomic mass is 9.79. The van der Waals surface area contributed by atoms with Crippen LogP contribution in [0.4, 0.5) is 13.2 Å². The molecule has 26 heavy (non-hydrogen) atoms. The van der Waals surface area contributed by atoms with E-state index in [4.69, 9.17) is 11.6 Å². The summed E-state index contributed by atoms with van der Waals surface area (Å²) in [5, 5.41) is 14.8. The van der Waals surface area contributed by atoms with Gasteiger partial charge in [-0.1, -0.05) is 24.6 Å². The number of hydrogen-bond donors (Lipinski definition) is 1. The first-order valence-electron chi connectivity index (χ1n) is 7.49. The molecule has 0 saturated carbocycles. The molecule has 1 aromatic carbocycles. The first kappa shape index (κ1) is 18.3. The van der Waals surface area contributed by atoms with Crippen LogP contribution < -0.4 is 0 Å². The van der Waals surface area contributed by atoms with Gasteiger partial charge in [0.15, 0.2) is 11.0 Å². The molecule has 10 heteroatoms. The Morgan fingerprint density at radius 3 is 2.65 bits per heavy atom. The molecule has 2 heterocycles. The monoisotopic (exact) mass is 383 g/mol. The van der Waals surface area contributed by atoms with Gasteiger partial charge < -0.3 is 5.11 Å². The predicted molar refractivity (Wildman–Crippen MR) is 85.7 cm³/mol. The van der Waals surface area contributed by atoms with Crippen LogP contribution in [-0.4, -0.2) is 29.8 Å². The summed E-state index contributed by atoms with van der Waals surface area (Å²) in [6.07, 6.45) is 3.57. The Kier molecular flexibility index (Phi) is 4.92. The normalized spacial score (nSPS) is 14.8. The molecule has 0 bridgehead atoms. The average Bonchev–Trinajstić information content (AvgIpc) is 3.09. The van der Waals surface area contributed by atoms with Gasteiger partial charge in [-0.2, -0.15) is 5.10 Å². The van der Waals surface area contributed by atoms with Crippen molar-refractivity contribution in [3.8, 4) is 0 Å². The van der Waals surface area contributed by atoms with E-state index in [9.17, 15) is 18.3 Å². The number of aliphatic hydroxyl groups is 1. The molecular weight excluding hydrogens is 371 g/mol. The fourth-order valence-corrected chi connectivity index (χ4v) is 2.89. The smallest absolute Gasteiger partial charge is 0.182 e. The molecule has 0 spiro atoms. The van der Waals surface area contributed by atoms with E-state index >= 15 is 0 Å². The van der Waals surface area contributed by atoms with Crippen molar-refractivity contribution >= 4 is 11.6 Å². The maximum atomic E-state index is 14.4. The zero-order valence-electron chi connectivity index (χ0n) is 13.4. The van der Waals surface area contributed by atoms with E-state index in [-0.39, 0.29) is 17.8 Å². The quantitative estimate of drug-likeness (QED) is 0.686. The van der Waals surface area contributed by atoms with E-state index in [0.717, 1.165) is 18.5 Å². The van der Waals surface area contributed by atoms with Gasteiger partial charge in [0.2, 0.25) is 0 Å². The van der Waals surface area contributed by atoms with Crippen LogP contribution in [0, 0.1) is 17.5 Å². The molecule has 0 aliphatic rings. The minimum absolute atomic E-state index is 0.212. The molecule has 0 aliphatic heterocycles. The lowest BCUT2D eigenvalue weighted by molar-refractivity contribution is -0.0133. The Hall–Kier alpha value is -2.52. The van der Waals surface area contributed by atoms with Gasteiger partial charge in [0.25, 0.3) is 0 Å². The molecule has 3 aromatic rings. The highest BCUT2D eigenvalue weighted by molar-refractivity contribution is 6.29. The number of rotatable bonds is 5. The van der Waals surface area contributed by atoms with Crippen LogP contribution in [0.2, 0.25) is 5.15 Å². The summed E-state index contributed by atoms with van der Waals surface area (Å²) in [6.45, 7) is 1.17.